The van der Waals surface area contributed by atoms with Gasteiger partial charge < -0.3 is 0 Å². The number of aromatic nitrogens is 7. The van der Waals surface area contributed by atoms with E-state index < -0.39 is 0 Å². The van der Waals surface area contributed by atoms with Crippen LogP contribution in [0, 0.1) is 5.92 Å². The predicted octanol–water partition coefficient (Wildman–Crippen LogP) is 2.71. The minimum atomic E-state index is 0.475. The van der Waals surface area contributed by atoms with E-state index in [1.165, 1.54) is 0 Å². The third-order valence-corrected chi connectivity index (χ3v) is 3.69. The lowest BCUT2D eigenvalue weighted by molar-refractivity contribution is 0.430. The number of tetrazole rings is 1. The van der Waals surface area contributed by atoms with Crippen molar-refractivity contribution in [3.05, 3.63) is 48.8 Å². The first kappa shape index (κ1) is 14.5. The molecule has 0 spiro atoms. The van der Waals surface area contributed by atoms with Gasteiger partial charge in [-0.1, -0.05) is 32.0 Å². The van der Waals surface area contributed by atoms with Crippen molar-refractivity contribution in [2.75, 3.05) is 0 Å². The summed E-state index contributed by atoms with van der Waals surface area (Å²) < 4.78 is 1.82. The Balaban J connectivity index is 1.74. The molecule has 1 aromatic carbocycles. The minimum Gasteiger partial charge on any atom is -0.237 e. The maximum absolute atomic E-state index is 4.47. The molecule has 0 N–H and O–H groups in total. The Bertz CT molecular complexity index is 983. The molecule has 0 atom stereocenters. The molecule has 7 heteroatoms. The van der Waals surface area contributed by atoms with E-state index in [1.54, 1.807) is 17.2 Å². The van der Waals surface area contributed by atoms with Crippen LogP contribution in [0.1, 0.15) is 13.8 Å². The van der Waals surface area contributed by atoms with E-state index in [-0.39, 0.29) is 0 Å². The van der Waals surface area contributed by atoms with E-state index in [4.69, 9.17) is 0 Å². The summed E-state index contributed by atoms with van der Waals surface area (Å²) in [5, 5.41) is 17.1. The normalized spacial score (nSPS) is 11.5. The highest BCUT2D eigenvalue weighted by molar-refractivity contribution is 5.69. The summed E-state index contributed by atoms with van der Waals surface area (Å²) in [7, 11) is 0. The average Bonchev–Trinajstić information content (AvgIpc) is 3.23. The molecule has 0 aliphatic heterocycles. The summed E-state index contributed by atoms with van der Waals surface area (Å²) in [5.74, 6) is 1.10. The highest BCUT2D eigenvalue weighted by Crippen LogP contribution is 2.24. The Morgan fingerprint density at radius 1 is 1.04 bits per heavy atom. The molecule has 0 saturated heterocycles. The van der Waals surface area contributed by atoms with E-state index in [0.29, 0.717) is 11.7 Å². The van der Waals surface area contributed by atoms with Crippen molar-refractivity contribution < 1.29 is 0 Å². The summed E-state index contributed by atoms with van der Waals surface area (Å²) >= 11 is 0. The molecular formula is C17H17N7. The van der Waals surface area contributed by atoms with Crippen LogP contribution >= 0.6 is 0 Å². The second-order valence-electron chi connectivity index (χ2n) is 6.07. The van der Waals surface area contributed by atoms with E-state index in [9.17, 15) is 0 Å². The smallest absolute Gasteiger partial charge is 0.204 e. The van der Waals surface area contributed by atoms with Crippen LogP contribution in [-0.2, 0) is 6.54 Å². The van der Waals surface area contributed by atoms with Crippen LogP contribution in [0.4, 0.5) is 0 Å². The van der Waals surface area contributed by atoms with Gasteiger partial charge in [0, 0.05) is 23.4 Å². The van der Waals surface area contributed by atoms with Crippen molar-refractivity contribution in [2.45, 2.75) is 20.4 Å². The Hall–Kier alpha value is -3.09. The Labute approximate surface area is 139 Å². The summed E-state index contributed by atoms with van der Waals surface area (Å²) in [5.41, 5.74) is 3.75. The zero-order valence-electron chi connectivity index (χ0n) is 13.5. The molecule has 24 heavy (non-hydrogen) atoms. The topological polar surface area (TPSA) is 73.8 Å². The van der Waals surface area contributed by atoms with Gasteiger partial charge in [0.1, 0.15) is 0 Å². The molecule has 3 heterocycles. The minimum absolute atomic E-state index is 0.475. The second-order valence-corrected chi connectivity index (χ2v) is 6.07. The maximum atomic E-state index is 4.47. The van der Waals surface area contributed by atoms with Crippen LogP contribution in [-0.4, -0.2) is 34.8 Å². The number of benzene rings is 1. The van der Waals surface area contributed by atoms with Crippen molar-refractivity contribution in [3.63, 3.8) is 0 Å². The molecule has 7 nitrogen and oxygen atoms in total. The molecule has 0 aliphatic rings. The molecule has 0 fully saturated rings. The van der Waals surface area contributed by atoms with Crippen molar-refractivity contribution in [1.82, 2.24) is 34.8 Å². The molecule has 0 unspecified atom stereocenters. The number of fused-ring (bicyclic) bond motifs is 1. The monoisotopic (exact) mass is 319 g/mol. The van der Waals surface area contributed by atoms with Gasteiger partial charge in [-0.3, -0.25) is 0 Å². The lowest BCUT2D eigenvalue weighted by atomic mass is 10.1. The summed E-state index contributed by atoms with van der Waals surface area (Å²) in [4.78, 5) is 5.94. The van der Waals surface area contributed by atoms with Crippen LogP contribution in [0.3, 0.4) is 0 Å². The largest absolute Gasteiger partial charge is 0.237 e. The number of hydrogen-bond donors (Lipinski definition) is 0. The van der Waals surface area contributed by atoms with E-state index in [2.05, 4.69) is 39.3 Å². The molecule has 0 amide bonds. The number of rotatable bonds is 4. The molecular weight excluding hydrogens is 302 g/mol. The second kappa shape index (κ2) is 5.84. The summed E-state index contributed by atoms with van der Waals surface area (Å²) in [6.45, 7) is 5.01. The standard InChI is InChI=1S/C17H17N7/c1-12(2)11-23-21-17(20-22-23)14-5-3-4-13(10-14)15-6-8-18-16-7-9-19-24(15)16/h3-10,12H,11H2,1-2H3. The van der Waals surface area contributed by atoms with Crippen LogP contribution < -0.4 is 0 Å². The van der Waals surface area contributed by atoms with E-state index in [0.717, 1.165) is 29.0 Å². The molecule has 4 aromatic rings. The molecule has 3 aromatic heterocycles. The molecule has 0 aliphatic carbocycles. The van der Waals surface area contributed by atoms with Gasteiger partial charge >= 0.3 is 0 Å². The number of hydrogen-bond acceptors (Lipinski definition) is 5. The lowest BCUT2D eigenvalue weighted by Gasteiger charge is -2.05. The van der Waals surface area contributed by atoms with Gasteiger partial charge in [0.2, 0.25) is 5.82 Å². The van der Waals surface area contributed by atoms with E-state index in [1.807, 2.05) is 40.9 Å². The van der Waals surface area contributed by atoms with Gasteiger partial charge in [0.25, 0.3) is 0 Å². The summed E-state index contributed by atoms with van der Waals surface area (Å²) in [6, 6.07) is 11.9. The first-order valence-electron chi connectivity index (χ1n) is 7.88. The van der Waals surface area contributed by atoms with Crippen molar-refractivity contribution >= 4 is 5.65 Å². The van der Waals surface area contributed by atoms with Gasteiger partial charge in [-0.15, -0.1) is 10.2 Å². The van der Waals surface area contributed by atoms with Crippen LogP contribution in [0.25, 0.3) is 28.3 Å². The fraction of sp³-hybridized carbons (Fsp3) is 0.235. The third-order valence-electron chi connectivity index (χ3n) is 3.69. The molecule has 4 rings (SSSR count). The van der Waals surface area contributed by atoms with Gasteiger partial charge in [-0.25, -0.2) is 9.50 Å². The van der Waals surface area contributed by atoms with Gasteiger partial charge in [-0.05, 0) is 23.3 Å². The van der Waals surface area contributed by atoms with Gasteiger partial charge in [-0.2, -0.15) is 9.90 Å². The molecule has 0 radical (unpaired) electrons. The highest BCUT2D eigenvalue weighted by atomic mass is 15.6. The first-order chi connectivity index (χ1) is 11.7. The first-order valence-corrected chi connectivity index (χ1v) is 7.88. The SMILES string of the molecule is CC(C)Cn1nnc(-c2cccc(-c3ccnc4ccnn34)c2)n1. The van der Waals surface area contributed by atoms with Crippen LogP contribution in [0.2, 0.25) is 0 Å². The number of nitrogens with zero attached hydrogens (tertiary/aromatic N) is 7. The lowest BCUT2D eigenvalue weighted by Crippen LogP contribution is -2.07. The Morgan fingerprint density at radius 2 is 1.92 bits per heavy atom. The average molecular weight is 319 g/mol. The zero-order valence-corrected chi connectivity index (χ0v) is 13.5. The van der Waals surface area contributed by atoms with Crippen molar-refractivity contribution in [1.29, 1.82) is 0 Å². The zero-order chi connectivity index (χ0) is 16.5. The van der Waals surface area contributed by atoms with Gasteiger partial charge in [0.15, 0.2) is 5.65 Å². The highest BCUT2D eigenvalue weighted by Gasteiger charge is 2.10. The Kier molecular flexibility index (Phi) is 3.53. The fourth-order valence-electron chi connectivity index (χ4n) is 2.63. The molecule has 120 valence electrons. The van der Waals surface area contributed by atoms with E-state index >= 15 is 0 Å². The quantitative estimate of drug-likeness (QED) is 0.578. The van der Waals surface area contributed by atoms with Crippen molar-refractivity contribution in [2.24, 2.45) is 5.92 Å². The van der Waals surface area contributed by atoms with Crippen LogP contribution in [0.15, 0.2) is 48.8 Å². The van der Waals surface area contributed by atoms with Crippen molar-refractivity contribution in [3.8, 4) is 22.6 Å². The fourth-order valence-corrected chi connectivity index (χ4v) is 2.63. The molecule has 0 saturated carbocycles. The van der Waals surface area contributed by atoms with Crippen LogP contribution in [0.5, 0.6) is 0 Å². The molecule has 0 bridgehead atoms. The maximum Gasteiger partial charge on any atom is 0.204 e. The van der Waals surface area contributed by atoms with Gasteiger partial charge in [0.05, 0.1) is 18.4 Å². The summed E-state index contributed by atoms with van der Waals surface area (Å²) in [6.07, 6.45) is 3.53. The third kappa shape index (κ3) is 2.64. The predicted molar refractivity (Wildman–Crippen MR) is 90.1 cm³/mol. The Morgan fingerprint density at radius 3 is 2.79 bits per heavy atom.